The molecule has 6 heteroatoms. The highest BCUT2D eigenvalue weighted by atomic mass is 16.5. The third-order valence-corrected chi connectivity index (χ3v) is 4.00. The molecule has 1 aromatic carbocycles. The molecule has 22 heavy (non-hydrogen) atoms. The van der Waals surface area contributed by atoms with E-state index in [1.54, 1.807) is 25.7 Å². The van der Waals surface area contributed by atoms with E-state index in [-0.39, 0.29) is 24.4 Å². The Morgan fingerprint density at radius 2 is 2.32 bits per heavy atom. The van der Waals surface area contributed by atoms with Gasteiger partial charge in [0.25, 0.3) is 0 Å². The highest BCUT2D eigenvalue weighted by molar-refractivity contribution is 5.80. The monoisotopic (exact) mass is 302 g/mol. The molecule has 3 rings (SSSR count). The number of aliphatic hydroxyl groups is 1. The van der Waals surface area contributed by atoms with Crippen molar-refractivity contribution in [3.05, 3.63) is 42.0 Å². The van der Waals surface area contributed by atoms with Gasteiger partial charge >= 0.3 is 5.97 Å². The molecule has 0 aliphatic carbocycles. The average Bonchev–Trinajstić information content (AvgIpc) is 3.05. The number of aliphatic hydroxyl groups excluding tert-OH is 1. The summed E-state index contributed by atoms with van der Waals surface area (Å²) >= 11 is 0. The maximum atomic E-state index is 12.4. The summed E-state index contributed by atoms with van der Waals surface area (Å²) < 4.78 is 10.7. The number of hydrogen-bond donors (Lipinski definition) is 2. The second-order valence-electron chi connectivity index (χ2n) is 5.28. The summed E-state index contributed by atoms with van der Waals surface area (Å²) in [7, 11) is 1.57. The molecular formula is C16H18N2O4. The summed E-state index contributed by atoms with van der Waals surface area (Å²) in [6.45, 7) is 0.0505. The molecule has 2 atom stereocenters. The van der Waals surface area contributed by atoms with Gasteiger partial charge in [0.2, 0.25) is 0 Å². The molecule has 0 saturated carbocycles. The maximum Gasteiger partial charge on any atom is 0.315 e. The lowest BCUT2D eigenvalue weighted by Crippen LogP contribution is -2.32. The number of nitrogens with zero attached hydrogens (tertiary/aromatic N) is 1. The van der Waals surface area contributed by atoms with E-state index in [4.69, 9.17) is 14.6 Å². The van der Waals surface area contributed by atoms with Crippen LogP contribution >= 0.6 is 0 Å². The number of imidazole rings is 1. The molecule has 2 aromatic rings. The number of H-pyrrole nitrogens is 1. The highest BCUT2D eigenvalue weighted by Crippen LogP contribution is 2.44. The van der Waals surface area contributed by atoms with Crippen molar-refractivity contribution in [2.75, 3.05) is 13.7 Å². The number of ether oxygens (including phenoxy) is 2. The highest BCUT2D eigenvalue weighted by Gasteiger charge is 2.39. The summed E-state index contributed by atoms with van der Waals surface area (Å²) in [4.78, 5) is 19.5. The second-order valence-corrected chi connectivity index (χ2v) is 5.28. The van der Waals surface area contributed by atoms with Crippen LogP contribution in [-0.4, -0.2) is 34.8 Å². The van der Waals surface area contributed by atoms with Crippen molar-refractivity contribution >= 4 is 5.97 Å². The van der Waals surface area contributed by atoms with Gasteiger partial charge in [0.15, 0.2) is 0 Å². The Hall–Kier alpha value is -2.34. The molecule has 2 N–H and O–H groups in total. The van der Waals surface area contributed by atoms with Gasteiger partial charge < -0.3 is 19.6 Å². The Morgan fingerprint density at radius 1 is 1.45 bits per heavy atom. The van der Waals surface area contributed by atoms with E-state index >= 15 is 0 Å². The Balaban J connectivity index is 2.05. The number of carbonyl (C=O) groups excluding carboxylic acids is 1. The molecular weight excluding hydrogens is 284 g/mol. The number of esters is 1. The van der Waals surface area contributed by atoms with Gasteiger partial charge in [-0.25, -0.2) is 4.98 Å². The zero-order valence-corrected chi connectivity index (χ0v) is 12.3. The van der Waals surface area contributed by atoms with Gasteiger partial charge in [-0.15, -0.1) is 0 Å². The number of methoxy groups -OCH3 is 1. The van der Waals surface area contributed by atoms with Gasteiger partial charge in [0.05, 0.1) is 19.4 Å². The smallest absolute Gasteiger partial charge is 0.315 e. The molecule has 0 bridgehead atoms. The standard InChI is InChI=1S/C16H18N2O4/c1-21-10-4-5-11-14(7-10)22-16(20)12(3-2-6-19)15(11)13-8-17-9-18-13/h4-5,7-9,12,15,19H,2-3,6H2,1H3,(H,17,18). The number of aromatic nitrogens is 2. The topological polar surface area (TPSA) is 84.4 Å². The number of fused-ring (bicyclic) bond motifs is 1. The van der Waals surface area contributed by atoms with Gasteiger partial charge in [0, 0.05) is 36.0 Å². The molecule has 0 fully saturated rings. The van der Waals surface area contributed by atoms with Gasteiger partial charge in [-0.1, -0.05) is 6.07 Å². The lowest BCUT2D eigenvalue weighted by atomic mass is 9.79. The minimum absolute atomic E-state index is 0.0505. The Labute approximate surface area is 128 Å². The fourth-order valence-electron chi connectivity index (χ4n) is 2.94. The molecule has 1 aromatic heterocycles. The molecule has 1 aliphatic rings. The number of nitrogens with one attached hydrogen (secondary N) is 1. The molecule has 0 amide bonds. The molecule has 0 saturated heterocycles. The Bertz CT molecular complexity index is 654. The largest absolute Gasteiger partial charge is 0.497 e. The van der Waals surface area contributed by atoms with Crippen LogP contribution in [0.3, 0.4) is 0 Å². The normalized spacial score (nSPS) is 20.4. The number of hydrogen-bond acceptors (Lipinski definition) is 5. The SMILES string of the molecule is COc1ccc2c(c1)OC(=O)C(CCCO)C2c1cnc[nH]1. The lowest BCUT2D eigenvalue weighted by Gasteiger charge is -2.31. The summed E-state index contributed by atoms with van der Waals surface area (Å²) in [5.41, 5.74) is 1.79. The molecule has 1 aliphatic heterocycles. The van der Waals surface area contributed by atoms with E-state index in [1.165, 1.54) is 0 Å². The van der Waals surface area contributed by atoms with Crippen molar-refractivity contribution in [1.82, 2.24) is 9.97 Å². The summed E-state index contributed by atoms with van der Waals surface area (Å²) in [5, 5.41) is 9.07. The van der Waals surface area contributed by atoms with Crippen molar-refractivity contribution in [3.8, 4) is 11.5 Å². The first-order valence-corrected chi connectivity index (χ1v) is 7.23. The van der Waals surface area contributed by atoms with E-state index in [9.17, 15) is 4.79 Å². The predicted octanol–water partition coefficient (Wildman–Crippen LogP) is 1.86. The molecule has 0 spiro atoms. The maximum absolute atomic E-state index is 12.4. The van der Waals surface area contributed by atoms with Crippen LogP contribution in [0.2, 0.25) is 0 Å². The van der Waals surface area contributed by atoms with E-state index < -0.39 is 0 Å². The quantitative estimate of drug-likeness (QED) is 0.650. The van der Waals surface area contributed by atoms with Crippen molar-refractivity contribution in [2.45, 2.75) is 18.8 Å². The number of rotatable bonds is 5. The van der Waals surface area contributed by atoms with Crippen LogP contribution in [0, 0.1) is 5.92 Å². The van der Waals surface area contributed by atoms with Crippen LogP contribution in [0.1, 0.15) is 30.0 Å². The van der Waals surface area contributed by atoms with Crippen LogP contribution in [0.15, 0.2) is 30.7 Å². The average molecular weight is 302 g/mol. The molecule has 2 unspecified atom stereocenters. The zero-order valence-electron chi connectivity index (χ0n) is 12.3. The molecule has 6 nitrogen and oxygen atoms in total. The number of benzene rings is 1. The van der Waals surface area contributed by atoms with Gasteiger partial charge in [0.1, 0.15) is 11.5 Å². The summed E-state index contributed by atoms with van der Waals surface area (Å²) in [6.07, 6.45) is 4.44. The predicted molar refractivity (Wildman–Crippen MR) is 78.9 cm³/mol. The van der Waals surface area contributed by atoms with E-state index in [0.29, 0.717) is 24.3 Å². The molecule has 2 heterocycles. The summed E-state index contributed by atoms with van der Waals surface area (Å²) in [5.74, 6) is 0.381. The summed E-state index contributed by atoms with van der Waals surface area (Å²) in [6, 6.07) is 5.49. The van der Waals surface area contributed by atoms with Crippen LogP contribution in [-0.2, 0) is 4.79 Å². The zero-order chi connectivity index (χ0) is 15.5. The van der Waals surface area contributed by atoms with Crippen molar-refractivity contribution in [1.29, 1.82) is 0 Å². The molecule has 116 valence electrons. The fourth-order valence-corrected chi connectivity index (χ4v) is 2.94. The van der Waals surface area contributed by atoms with Gasteiger partial charge in [-0.2, -0.15) is 0 Å². The Kier molecular flexibility index (Phi) is 4.11. The fraction of sp³-hybridized carbons (Fsp3) is 0.375. The third kappa shape index (κ3) is 2.57. The van der Waals surface area contributed by atoms with Crippen molar-refractivity contribution in [3.63, 3.8) is 0 Å². The first-order chi connectivity index (χ1) is 10.7. The molecule has 0 radical (unpaired) electrons. The first-order valence-electron chi connectivity index (χ1n) is 7.23. The van der Waals surface area contributed by atoms with Crippen molar-refractivity contribution < 1.29 is 19.4 Å². The lowest BCUT2D eigenvalue weighted by molar-refractivity contribution is -0.141. The number of aromatic amines is 1. The minimum Gasteiger partial charge on any atom is -0.497 e. The first kappa shape index (κ1) is 14.6. The van der Waals surface area contributed by atoms with E-state index in [2.05, 4.69) is 9.97 Å². The van der Waals surface area contributed by atoms with Crippen molar-refractivity contribution in [2.24, 2.45) is 5.92 Å². The number of carbonyl (C=O) groups is 1. The van der Waals surface area contributed by atoms with Crippen LogP contribution in [0.4, 0.5) is 0 Å². The van der Waals surface area contributed by atoms with E-state index in [0.717, 1.165) is 11.3 Å². The Morgan fingerprint density at radius 3 is 3.00 bits per heavy atom. The van der Waals surface area contributed by atoms with Gasteiger partial charge in [-0.05, 0) is 18.9 Å². The minimum atomic E-state index is -0.339. The second kappa shape index (κ2) is 6.19. The van der Waals surface area contributed by atoms with Crippen LogP contribution < -0.4 is 9.47 Å². The van der Waals surface area contributed by atoms with Crippen LogP contribution in [0.5, 0.6) is 11.5 Å². The van der Waals surface area contributed by atoms with E-state index in [1.807, 2.05) is 12.1 Å². The van der Waals surface area contributed by atoms with Crippen LogP contribution in [0.25, 0.3) is 0 Å². The third-order valence-electron chi connectivity index (χ3n) is 4.00. The van der Waals surface area contributed by atoms with Gasteiger partial charge in [-0.3, -0.25) is 4.79 Å².